The number of carbonyl (C=O) groups excluding carboxylic acids is 2. The van der Waals surface area contributed by atoms with Crippen LogP contribution in [-0.4, -0.2) is 41.4 Å². The Hall–Kier alpha value is -1.98. The molecule has 2 rings (SSSR count). The van der Waals surface area contributed by atoms with Crippen LogP contribution in [0.2, 0.25) is 0 Å². The molecule has 0 bridgehead atoms. The Labute approximate surface area is 140 Å². The fraction of sp³-hybridized carbons (Fsp3) is 0.556. The number of Topliss-reactive ketones (excluding diaryl/α,β-unsaturated/α-hetero) is 1. The van der Waals surface area contributed by atoms with Crippen LogP contribution in [0.4, 0.5) is 13.6 Å². The molecule has 0 aromatic heterocycles. The van der Waals surface area contributed by atoms with Gasteiger partial charge in [-0.25, -0.2) is 4.79 Å². The lowest BCUT2D eigenvalue weighted by Gasteiger charge is -2.36. The average Bonchev–Trinajstić information content (AvgIpc) is 2.53. The smallest absolute Gasteiger partial charge is 0.410 e. The molecular weight excluding hydrogens is 316 g/mol. The first-order chi connectivity index (χ1) is 11.1. The van der Waals surface area contributed by atoms with E-state index in [4.69, 9.17) is 4.74 Å². The number of rotatable bonds is 3. The molecule has 6 heteroatoms. The van der Waals surface area contributed by atoms with Crippen LogP contribution in [0.1, 0.15) is 44.0 Å². The molecule has 24 heavy (non-hydrogen) atoms. The maximum absolute atomic E-state index is 14.5. The lowest BCUT2D eigenvalue weighted by molar-refractivity contribution is -0.0522. The summed E-state index contributed by atoms with van der Waals surface area (Å²) in [5, 5.41) is 0. The zero-order valence-corrected chi connectivity index (χ0v) is 14.2. The Balaban J connectivity index is 1.98. The molecule has 0 aliphatic carbocycles. The summed E-state index contributed by atoms with van der Waals surface area (Å²) >= 11 is 0. The van der Waals surface area contributed by atoms with Gasteiger partial charge in [-0.05, 0) is 33.6 Å². The van der Waals surface area contributed by atoms with Crippen LogP contribution in [0.3, 0.4) is 0 Å². The Morgan fingerprint density at radius 2 is 1.62 bits per heavy atom. The Morgan fingerprint density at radius 1 is 1.08 bits per heavy atom. The van der Waals surface area contributed by atoms with Crippen molar-refractivity contribution in [1.82, 2.24) is 4.90 Å². The summed E-state index contributed by atoms with van der Waals surface area (Å²) < 4.78 is 34.3. The van der Waals surface area contributed by atoms with Gasteiger partial charge in [-0.2, -0.15) is 8.78 Å². The highest BCUT2D eigenvalue weighted by atomic mass is 19.3. The maximum atomic E-state index is 14.5. The van der Waals surface area contributed by atoms with Crippen molar-refractivity contribution >= 4 is 11.9 Å². The first-order valence-corrected chi connectivity index (χ1v) is 8.07. The second-order valence-corrected chi connectivity index (χ2v) is 7.06. The minimum atomic E-state index is -3.43. The quantitative estimate of drug-likeness (QED) is 0.777. The minimum Gasteiger partial charge on any atom is -0.444 e. The number of halogens is 2. The van der Waals surface area contributed by atoms with Gasteiger partial charge in [-0.1, -0.05) is 30.3 Å². The molecule has 0 saturated carbocycles. The fourth-order valence-electron chi connectivity index (χ4n) is 2.72. The Morgan fingerprint density at radius 3 is 2.12 bits per heavy atom. The standard InChI is InChI=1S/C18H23F2NO3/c1-17(2,3)24-16(23)21-11-9-14(10-12-21)18(19,20)15(22)13-7-5-4-6-8-13/h4-8,14H,9-12H2,1-3H3. The van der Waals surface area contributed by atoms with Gasteiger partial charge >= 0.3 is 12.0 Å². The van der Waals surface area contributed by atoms with E-state index < -0.39 is 29.3 Å². The normalized spacial score (nSPS) is 16.8. The molecule has 0 radical (unpaired) electrons. The van der Waals surface area contributed by atoms with E-state index in [9.17, 15) is 18.4 Å². The van der Waals surface area contributed by atoms with Crippen molar-refractivity contribution in [1.29, 1.82) is 0 Å². The average molecular weight is 339 g/mol. The van der Waals surface area contributed by atoms with Gasteiger partial charge in [0.25, 0.3) is 0 Å². The predicted octanol–water partition coefficient (Wildman–Crippen LogP) is 4.15. The summed E-state index contributed by atoms with van der Waals surface area (Å²) in [5.41, 5.74) is -0.613. The summed E-state index contributed by atoms with van der Waals surface area (Å²) in [6.07, 6.45) is -0.353. The third-order valence-electron chi connectivity index (χ3n) is 4.00. The van der Waals surface area contributed by atoms with Crippen molar-refractivity contribution < 1.29 is 23.1 Å². The van der Waals surface area contributed by atoms with E-state index in [1.54, 1.807) is 39.0 Å². The van der Waals surface area contributed by atoms with Crippen LogP contribution < -0.4 is 0 Å². The van der Waals surface area contributed by atoms with Crippen LogP contribution in [-0.2, 0) is 4.74 Å². The maximum Gasteiger partial charge on any atom is 0.410 e. The number of amides is 1. The molecule has 0 atom stereocenters. The van der Waals surface area contributed by atoms with Crippen molar-refractivity contribution in [3.8, 4) is 0 Å². The molecule has 1 aliphatic heterocycles. The molecular formula is C18H23F2NO3. The third-order valence-corrected chi connectivity index (χ3v) is 4.00. The SMILES string of the molecule is CC(C)(C)OC(=O)N1CCC(C(F)(F)C(=O)c2ccccc2)CC1. The van der Waals surface area contributed by atoms with Crippen LogP contribution >= 0.6 is 0 Å². The number of carbonyl (C=O) groups is 2. The van der Waals surface area contributed by atoms with Gasteiger partial charge in [-0.3, -0.25) is 4.79 Å². The number of likely N-dealkylation sites (tertiary alicyclic amines) is 1. The first-order valence-electron chi connectivity index (χ1n) is 8.07. The third kappa shape index (κ3) is 4.30. The molecule has 1 heterocycles. The molecule has 1 saturated heterocycles. The van der Waals surface area contributed by atoms with Crippen LogP contribution in [0, 0.1) is 5.92 Å². The number of hydrogen-bond acceptors (Lipinski definition) is 3. The first kappa shape index (κ1) is 18.4. The van der Waals surface area contributed by atoms with Gasteiger partial charge in [-0.15, -0.1) is 0 Å². The fourth-order valence-corrected chi connectivity index (χ4v) is 2.72. The number of hydrogen-bond donors (Lipinski definition) is 0. The van der Waals surface area contributed by atoms with E-state index in [-0.39, 0.29) is 31.5 Å². The molecule has 1 amide bonds. The minimum absolute atomic E-state index is 0.0112. The summed E-state index contributed by atoms with van der Waals surface area (Å²) in [7, 11) is 0. The molecule has 0 unspecified atom stereocenters. The Bertz CT molecular complexity index is 588. The summed E-state index contributed by atoms with van der Waals surface area (Å²) in [5.74, 6) is -5.65. The lowest BCUT2D eigenvalue weighted by atomic mass is 9.86. The number of piperidine rings is 1. The van der Waals surface area contributed by atoms with Crippen molar-refractivity contribution in [2.75, 3.05) is 13.1 Å². The van der Waals surface area contributed by atoms with Crippen molar-refractivity contribution in [3.05, 3.63) is 35.9 Å². The van der Waals surface area contributed by atoms with Gasteiger partial charge in [0, 0.05) is 24.6 Å². The molecule has 1 aromatic carbocycles. The van der Waals surface area contributed by atoms with Gasteiger partial charge in [0.2, 0.25) is 5.78 Å². The number of ketones is 1. The predicted molar refractivity (Wildman–Crippen MR) is 86.3 cm³/mol. The molecule has 132 valence electrons. The second-order valence-electron chi connectivity index (χ2n) is 7.06. The summed E-state index contributed by atoms with van der Waals surface area (Å²) in [4.78, 5) is 25.5. The van der Waals surface area contributed by atoms with Gasteiger partial charge in [0.1, 0.15) is 5.60 Å². The van der Waals surface area contributed by atoms with E-state index in [0.29, 0.717) is 0 Å². The number of ether oxygens (including phenoxy) is 1. The zero-order chi connectivity index (χ0) is 18.0. The van der Waals surface area contributed by atoms with Crippen LogP contribution in [0.5, 0.6) is 0 Å². The highest BCUT2D eigenvalue weighted by Gasteiger charge is 2.48. The van der Waals surface area contributed by atoms with E-state index in [1.165, 1.54) is 17.0 Å². The molecule has 0 N–H and O–H groups in total. The monoisotopic (exact) mass is 339 g/mol. The topological polar surface area (TPSA) is 46.6 Å². The van der Waals surface area contributed by atoms with Crippen LogP contribution in [0.25, 0.3) is 0 Å². The summed E-state index contributed by atoms with van der Waals surface area (Å²) in [6.45, 7) is 5.59. The zero-order valence-electron chi connectivity index (χ0n) is 14.2. The Kier molecular flexibility index (Phi) is 5.26. The van der Waals surface area contributed by atoms with Crippen LogP contribution in [0.15, 0.2) is 30.3 Å². The number of alkyl halides is 2. The van der Waals surface area contributed by atoms with Crippen molar-refractivity contribution in [2.45, 2.75) is 45.1 Å². The molecule has 4 nitrogen and oxygen atoms in total. The molecule has 1 fully saturated rings. The van der Waals surface area contributed by atoms with Gasteiger partial charge in [0.05, 0.1) is 0 Å². The van der Waals surface area contributed by atoms with Crippen molar-refractivity contribution in [3.63, 3.8) is 0 Å². The number of nitrogens with zero attached hydrogens (tertiary/aromatic N) is 1. The molecule has 0 spiro atoms. The molecule has 1 aliphatic rings. The lowest BCUT2D eigenvalue weighted by Crippen LogP contribution is -2.47. The largest absolute Gasteiger partial charge is 0.444 e. The van der Waals surface area contributed by atoms with Crippen molar-refractivity contribution in [2.24, 2.45) is 5.92 Å². The highest BCUT2D eigenvalue weighted by Crippen LogP contribution is 2.36. The van der Waals surface area contributed by atoms with Gasteiger partial charge < -0.3 is 9.64 Å². The van der Waals surface area contributed by atoms with E-state index in [0.717, 1.165) is 0 Å². The number of benzene rings is 1. The van der Waals surface area contributed by atoms with Gasteiger partial charge in [0.15, 0.2) is 0 Å². The van der Waals surface area contributed by atoms with E-state index in [1.807, 2.05) is 0 Å². The van der Waals surface area contributed by atoms with E-state index in [2.05, 4.69) is 0 Å². The second kappa shape index (κ2) is 6.87. The van der Waals surface area contributed by atoms with E-state index >= 15 is 0 Å². The summed E-state index contributed by atoms with van der Waals surface area (Å²) in [6, 6.07) is 7.59. The molecule has 1 aromatic rings. The highest BCUT2D eigenvalue weighted by molar-refractivity contribution is 6.01.